The Bertz CT molecular complexity index is 874. The van der Waals surface area contributed by atoms with E-state index < -0.39 is 5.78 Å². The van der Waals surface area contributed by atoms with Crippen molar-refractivity contribution in [3.05, 3.63) is 64.7 Å². The first-order valence-electron chi connectivity index (χ1n) is 8.09. The first kappa shape index (κ1) is 19.1. The van der Waals surface area contributed by atoms with E-state index in [1.807, 2.05) is 26.0 Å². The number of carbonyl (C=O) groups excluding carboxylic acids is 1. The van der Waals surface area contributed by atoms with Crippen LogP contribution in [-0.4, -0.2) is 28.2 Å². The Balaban J connectivity index is 2.32. The van der Waals surface area contributed by atoms with Gasteiger partial charge in [0.1, 0.15) is 11.5 Å². The summed E-state index contributed by atoms with van der Waals surface area (Å²) in [7, 11) is 1.49. The SMILES string of the molecule is COc1c(O)cc(/C=C/C(=O)c2ccc(O)cc2O)cc1CC=C(C)C. The van der Waals surface area contributed by atoms with Crippen molar-refractivity contribution >= 4 is 11.9 Å². The van der Waals surface area contributed by atoms with Crippen LogP contribution in [0.5, 0.6) is 23.0 Å². The van der Waals surface area contributed by atoms with Crippen LogP contribution in [-0.2, 0) is 6.42 Å². The van der Waals surface area contributed by atoms with E-state index in [2.05, 4.69) is 0 Å². The number of benzene rings is 2. The Morgan fingerprint density at radius 1 is 1.08 bits per heavy atom. The number of phenolic OH excluding ortho intramolecular Hbond substituents is 3. The van der Waals surface area contributed by atoms with Gasteiger partial charge < -0.3 is 20.1 Å². The van der Waals surface area contributed by atoms with Gasteiger partial charge in [-0.05, 0) is 56.2 Å². The number of allylic oxidation sites excluding steroid dienone is 3. The second-order valence-corrected chi connectivity index (χ2v) is 6.12. The maximum absolute atomic E-state index is 12.2. The Morgan fingerprint density at radius 2 is 1.81 bits per heavy atom. The maximum atomic E-state index is 12.2. The zero-order chi connectivity index (χ0) is 19.3. The highest BCUT2D eigenvalue weighted by molar-refractivity contribution is 6.08. The zero-order valence-electron chi connectivity index (χ0n) is 15.0. The van der Waals surface area contributed by atoms with E-state index in [4.69, 9.17) is 4.74 Å². The number of hydrogen-bond acceptors (Lipinski definition) is 5. The summed E-state index contributed by atoms with van der Waals surface area (Å²) in [5.74, 6) is -0.425. The summed E-state index contributed by atoms with van der Waals surface area (Å²) in [6, 6.07) is 7.13. The van der Waals surface area contributed by atoms with Crippen molar-refractivity contribution < 1.29 is 24.9 Å². The number of ketones is 1. The molecule has 136 valence electrons. The van der Waals surface area contributed by atoms with Gasteiger partial charge in [0.05, 0.1) is 12.7 Å². The molecular formula is C21H22O5. The van der Waals surface area contributed by atoms with Crippen LogP contribution in [0.4, 0.5) is 0 Å². The van der Waals surface area contributed by atoms with Crippen LogP contribution >= 0.6 is 0 Å². The lowest BCUT2D eigenvalue weighted by atomic mass is 10.0. The summed E-state index contributed by atoms with van der Waals surface area (Å²) in [6.45, 7) is 3.97. The summed E-state index contributed by atoms with van der Waals surface area (Å²) in [6.07, 6.45) is 5.47. The Morgan fingerprint density at radius 3 is 2.42 bits per heavy atom. The number of hydrogen-bond donors (Lipinski definition) is 3. The van der Waals surface area contributed by atoms with Gasteiger partial charge in [-0.2, -0.15) is 0 Å². The molecule has 0 aliphatic rings. The second kappa shape index (κ2) is 8.25. The summed E-state index contributed by atoms with van der Waals surface area (Å²) >= 11 is 0. The van der Waals surface area contributed by atoms with Crippen molar-refractivity contribution in [3.8, 4) is 23.0 Å². The van der Waals surface area contributed by atoms with Gasteiger partial charge >= 0.3 is 0 Å². The fraction of sp³-hybridized carbons (Fsp3) is 0.190. The van der Waals surface area contributed by atoms with Crippen molar-refractivity contribution in [3.63, 3.8) is 0 Å². The van der Waals surface area contributed by atoms with Crippen LogP contribution < -0.4 is 4.74 Å². The van der Waals surface area contributed by atoms with Crippen LogP contribution in [0.2, 0.25) is 0 Å². The second-order valence-electron chi connectivity index (χ2n) is 6.12. The smallest absolute Gasteiger partial charge is 0.189 e. The average molecular weight is 354 g/mol. The first-order chi connectivity index (χ1) is 12.3. The van der Waals surface area contributed by atoms with Crippen molar-refractivity contribution in [1.82, 2.24) is 0 Å². The number of methoxy groups -OCH3 is 1. The summed E-state index contributed by atoms with van der Waals surface area (Å²) in [5.41, 5.74) is 2.66. The molecule has 0 amide bonds. The summed E-state index contributed by atoms with van der Waals surface area (Å²) in [5, 5.41) is 29.2. The predicted molar refractivity (Wildman–Crippen MR) is 101 cm³/mol. The molecule has 2 aromatic rings. The van der Waals surface area contributed by atoms with Crippen LogP contribution in [0.1, 0.15) is 35.3 Å². The molecule has 0 bridgehead atoms. The number of aromatic hydroxyl groups is 3. The minimum absolute atomic E-state index is 0.00765. The normalized spacial score (nSPS) is 10.7. The molecule has 2 aromatic carbocycles. The summed E-state index contributed by atoms with van der Waals surface area (Å²) < 4.78 is 5.26. The lowest BCUT2D eigenvalue weighted by Gasteiger charge is -2.10. The minimum Gasteiger partial charge on any atom is -0.508 e. The Hall–Kier alpha value is -3.21. The molecule has 0 aliphatic heterocycles. The molecule has 0 saturated carbocycles. The molecule has 26 heavy (non-hydrogen) atoms. The molecule has 0 radical (unpaired) electrons. The fourth-order valence-electron chi connectivity index (χ4n) is 2.48. The fourth-order valence-corrected chi connectivity index (χ4v) is 2.48. The number of carbonyl (C=O) groups is 1. The highest BCUT2D eigenvalue weighted by Gasteiger charge is 2.11. The van der Waals surface area contributed by atoms with Crippen LogP contribution in [0, 0.1) is 0 Å². The average Bonchev–Trinajstić information content (AvgIpc) is 2.57. The van der Waals surface area contributed by atoms with E-state index in [0.29, 0.717) is 17.7 Å². The zero-order valence-corrected chi connectivity index (χ0v) is 15.0. The molecule has 0 spiro atoms. The van der Waals surface area contributed by atoms with Gasteiger partial charge in [0.15, 0.2) is 17.3 Å². The van der Waals surface area contributed by atoms with E-state index in [1.165, 1.54) is 31.4 Å². The highest BCUT2D eigenvalue weighted by Crippen LogP contribution is 2.33. The van der Waals surface area contributed by atoms with E-state index in [9.17, 15) is 20.1 Å². The molecule has 2 rings (SSSR count). The topological polar surface area (TPSA) is 87.0 Å². The molecule has 0 aromatic heterocycles. The van der Waals surface area contributed by atoms with Crippen molar-refractivity contribution in [2.24, 2.45) is 0 Å². The molecule has 0 atom stereocenters. The van der Waals surface area contributed by atoms with E-state index in [0.717, 1.165) is 17.2 Å². The van der Waals surface area contributed by atoms with Gasteiger partial charge in [-0.1, -0.05) is 17.7 Å². The molecule has 0 heterocycles. The van der Waals surface area contributed by atoms with Crippen molar-refractivity contribution in [1.29, 1.82) is 0 Å². The van der Waals surface area contributed by atoms with Crippen molar-refractivity contribution in [2.45, 2.75) is 20.3 Å². The number of phenols is 3. The Kier molecular flexibility index (Phi) is 6.07. The molecule has 0 aliphatic carbocycles. The van der Waals surface area contributed by atoms with E-state index in [1.54, 1.807) is 6.08 Å². The number of ether oxygens (including phenoxy) is 1. The first-order valence-corrected chi connectivity index (χ1v) is 8.09. The third-order valence-corrected chi connectivity index (χ3v) is 3.78. The molecule has 0 unspecified atom stereocenters. The predicted octanol–water partition coefficient (Wildman–Crippen LogP) is 4.22. The maximum Gasteiger partial charge on any atom is 0.189 e. The molecular weight excluding hydrogens is 332 g/mol. The third-order valence-electron chi connectivity index (χ3n) is 3.78. The van der Waals surface area contributed by atoms with E-state index in [-0.39, 0.29) is 22.8 Å². The number of rotatable bonds is 6. The highest BCUT2D eigenvalue weighted by atomic mass is 16.5. The van der Waals surface area contributed by atoms with Gasteiger partial charge in [0.25, 0.3) is 0 Å². The van der Waals surface area contributed by atoms with Gasteiger partial charge in [-0.25, -0.2) is 0 Å². The third kappa shape index (κ3) is 4.66. The van der Waals surface area contributed by atoms with E-state index >= 15 is 0 Å². The molecule has 0 fully saturated rings. The molecule has 5 heteroatoms. The minimum atomic E-state index is -0.413. The standard InChI is InChI=1S/C21H22O5/c1-13(2)4-6-15-10-14(11-20(25)21(15)26-3)5-9-18(23)17-8-7-16(22)12-19(17)24/h4-5,7-12,22,24-25H,6H2,1-3H3/b9-5+. The van der Waals surface area contributed by atoms with Gasteiger partial charge in [-0.15, -0.1) is 0 Å². The lowest BCUT2D eigenvalue weighted by molar-refractivity contribution is 0.104. The van der Waals surface area contributed by atoms with Crippen molar-refractivity contribution in [2.75, 3.05) is 7.11 Å². The van der Waals surface area contributed by atoms with Crippen LogP contribution in [0.15, 0.2) is 48.1 Å². The largest absolute Gasteiger partial charge is 0.508 e. The molecule has 3 N–H and O–H groups in total. The summed E-state index contributed by atoms with van der Waals surface area (Å²) in [4.78, 5) is 12.2. The molecule has 0 saturated heterocycles. The van der Waals surface area contributed by atoms with Crippen LogP contribution in [0.3, 0.4) is 0 Å². The van der Waals surface area contributed by atoms with Crippen LogP contribution in [0.25, 0.3) is 6.08 Å². The lowest BCUT2D eigenvalue weighted by Crippen LogP contribution is -1.95. The monoisotopic (exact) mass is 354 g/mol. The van der Waals surface area contributed by atoms with Gasteiger partial charge in [-0.3, -0.25) is 4.79 Å². The van der Waals surface area contributed by atoms with Gasteiger partial charge in [0.2, 0.25) is 0 Å². The quantitative estimate of drug-likeness (QED) is 0.411. The van der Waals surface area contributed by atoms with Gasteiger partial charge in [0, 0.05) is 11.6 Å². The molecule has 5 nitrogen and oxygen atoms in total. The Labute approximate surface area is 152 Å².